The normalized spacial score (nSPS) is 10.9. The standard InChI is InChI=1S/C24H18N2O2/c27-24(19-10-3-1-4-11-19)28-23-16-15-18-9-7-8-14-21(18)22(23)17-25-26-20-12-5-2-6-13-20/h1-17,26H/b25-17-. The van der Waals surface area contributed by atoms with E-state index in [4.69, 9.17) is 4.74 Å². The maximum atomic E-state index is 12.5. The van der Waals surface area contributed by atoms with Gasteiger partial charge in [-0.1, -0.05) is 66.7 Å². The van der Waals surface area contributed by atoms with Gasteiger partial charge in [0.15, 0.2) is 0 Å². The quantitative estimate of drug-likeness (QED) is 0.219. The van der Waals surface area contributed by atoms with Crippen LogP contribution in [0.3, 0.4) is 0 Å². The molecule has 0 aliphatic rings. The van der Waals surface area contributed by atoms with Crippen LogP contribution in [0.25, 0.3) is 10.8 Å². The highest BCUT2D eigenvalue weighted by atomic mass is 16.5. The molecule has 0 fully saturated rings. The number of hydrogen-bond donors (Lipinski definition) is 1. The Morgan fingerprint density at radius 1 is 0.786 bits per heavy atom. The molecule has 0 radical (unpaired) electrons. The molecule has 0 saturated carbocycles. The number of carbonyl (C=O) groups is 1. The van der Waals surface area contributed by atoms with Crippen molar-refractivity contribution < 1.29 is 9.53 Å². The third kappa shape index (κ3) is 3.91. The summed E-state index contributed by atoms with van der Waals surface area (Å²) < 4.78 is 5.68. The molecular weight excluding hydrogens is 348 g/mol. The summed E-state index contributed by atoms with van der Waals surface area (Å²) in [6, 6.07) is 30.3. The van der Waals surface area contributed by atoms with Crippen LogP contribution in [0.15, 0.2) is 102 Å². The van der Waals surface area contributed by atoms with Gasteiger partial charge in [-0.15, -0.1) is 0 Å². The molecule has 4 aromatic rings. The number of hydrogen-bond acceptors (Lipinski definition) is 4. The number of carbonyl (C=O) groups excluding carboxylic acids is 1. The van der Waals surface area contributed by atoms with Crippen LogP contribution in [-0.4, -0.2) is 12.2 Å². The second-order valence-electron chi connectivity index (χ2n) is 6.19. The Balaban J connectivity index is 1.68. The molecule has 0 aliphatic heterocycles. The van der Waals surface area contributed by atoms with Gasteiger partial charge in [0.2, 0.25) is 0 Å². The highest BCUT2D eigenvalue weighted by molar-refractivity contribution is 6.04. The lowest BCUT2D eigenvalue weighted by atomic mass is 10.0. The number of benzene rings is 4. The van der Waals surface area contributed by atoms with Crippen LogP contribution < -0.4 is 10.2 Å². The van der Waals surface area contributed by atoms with E-state index in [0.29, 0.717) is 11.3 Å². The predicted molar refractivity (Wildman–Crippen MR) is 113 cm³/mol. The topological polar surface area (TPSA) is 50.7 Å². The Hall–Kier alpha value is -3.92. The summed E-state index contributed by atoms with van der Waals surface area (Å²) in [6.07, 6.45) is 1.68. The van der Waals surface area contributed by atoms with Gasteiger partial charge in [-0.05, 0) is 41.1 Å². The molecule has 0 aliphatic carbocycles. The number of rotatable bonds is 5. The van der Waals surface area contributed by atoms with Crippen molar-refractivity contribution in [2.45, 2.75) is 0 Å². The van der Waals surface area contributed by atoms with E-state index in [9.17, 15) is 4.79 Å². The number of hydrazone groups is 1. The fraction of sp³-hybridized carbons (Fsp3) is 0. The van der Waals surface area contributed by atoms with Crippen molar-refractivity contribution in [3.05, 3.63) is 108 Å². The van der Waals surface area contributed by atoms with Crippen molar-refractivity contribution in [1.29, 1.82) is 0 Å². The fourth-order valence-corrected chi connectivity index (χ4v) is 2.91. The van der Waals surface area contributed by atoms with Gasteiger partial charge < -0.3 is 4.74 Å². The molecule has 4 nitrogen and oxygen atoms in total. The average Bonchev–Trinajstić information content (AvgIpc) is 2.76. The monoisotopic (exact) mass is 366 g/mol. The van der Waals surface area contributed by atoms with E-state index >= 15 is 0 Å². The third-order valence-corrected chi connectivity index (χ3v) is 4.30. The summed E-state index contributed by atoms with van der Waals surface area (Å²) in [6.45, 7) is 0. The van der Waals surface area contributed by atoms with E-state index in [-0.39, 0.29) is 0 Å². The van der Waals surface area contributed by atoms with Gasteiger partial charge in [-0.2, -0.15) is 5.10 Å². The second kappa shape index (κ2) is 8.18. The molecule has 0 aromatic heterocycles. The Bertz CT molecular complexity index is 1120. The fourth-order valence-electron chi connectivity index (χ4n) is 2.91. The van der Waals surface area contributed by atoms with Crippen LogP contribution in [0.2, 0.25) is 0 Å². The number of ether oxygens (including phenoxy) is 1. The van der Waals surface area contributed by atoms with E-state index in [2.05, 4.69) is 10.5 Å². The summed E-state index contributed by atoms with van der Waals surface area (Å²) in [4.78, 5) is 12.5. The minimum Gasteiger partial charge on any atom is -0.422 e. The van der Waals surface area contributed by atoms with Gasteiger partial charge in [0.25, 0.3) is 0 Å². The number of nitrogens with zero attached hydrogens (tertiary/aromatic N) is 1. The number of esters is 1. The zero-order chi connectivity index (χ0) is 19.2. The number of fused-ring (bicyclic) bond motifs is 1. The largest absolute Gasteiger partial charge is 0.422 e. The molecule has 0 heterocycles. The second-order valence-corrected chi connectivity index (χ2v) is 6.19. The van der Waals surface area contributed by atoms with Crippen molar-refractivity contribution in [3.8, 4) is 5.75 Å². The average molecular weight is 366 g/mol. The van der Waals surface area contributed by atoms with Crippen LogP contribution >= 0.6 is 0 Å². The summed E-state index contributed by atoms with van der Waals surface area (Å²) in [7, 11) is 0. The molecule has 4 heteroatoms. The van der Waals surface area contributed by atoms with Gasteiger partial charge >= 0.3 is 5.97 Å². The summed E-state index contributed by atoms with van der Waals surface area (Å²) >= 11 is 0. The van der Waals surface area contributed by atoms with Gasteiger partial charge in [0.05, 0.1) is 17.5 Å². The lowest BCUT2D eigenvalue weighted by Gasteiger charge is -2.10. The zero-order valence-corrected chi connectivity index (χ0v) is 15.1. The van der Waals surface area contributed by atoms with E-state index < -0.39 is 5.97 Å². The van der Waals surface area contributed by atoms with Crippen molar-refractivity contribution in [1.82, 2.24) is 0 Å². The maximum absolute atomic E-state index is 12.5. The van der Waals surface area contributed by atoms with Crippen molar-refractivity contribution in [2.75, 3.05) is 5.43 Å². The molecule has 0 atom stereocenters. The van der Waals surface area contributed by atoms with Crippen molar-refractivity contribution in [2.24, 2.45) is 5.10 Å². The summed E-state index contributed by atoms with van der Waals surface area (Å²) in [5.41, 5.74) is 5.12. The molecule has 0 unspecified atom stereocenters. The minimum atomic E-state index is -0.401. The Morgan fingerprint density at radius 3 is 2.25 bits per heavy atom. The first kappa shape index (κ1) is 17.5. The zero-order valence-electron chi connectivity index (χ0n) is 15.1. The van der Waals surface area contributed by atoms with Crippen molar-refractivity contribution >= 4 is 28.6 Å². The highest BCUT2D eigenvalue weighted by Gasteiger charge is 2.13. The van der Waals surface area contributed by atoms with E-state index in [1.807, 2.05) is 78.9 Å². The van der Waals surface area contributed by atoms with Gasteiger partial charge in [0, 0.05) is 5.56 Å². The Labute approximate surface area is 163 Å². The molecule has 1 N–H and O–H groups in total. The van der Waals surface area contributed by atoms with E-state index in [1.165, 1.54) is 0 Å². The molecule has 136 valence electrons. The smallest absolute Gasteiger partial charge is 0.343 e. The first-order valence-corrected chi connectivity index (χ1v) is 8.94. The summed E-state index contributed by atoms with van der Waals surface area (Å²) in [5.74, 6) is 0.0627. The van der Waals surface area contributed by atoms with Crippen LogP contribution in [0.4, 0.5) is 5.69 Å². The van der Waals surface area contributed by atoms with Crippen LogP contribution in [0, 0.1) is 0 Å². The molecule has 4 rings (SSSR count). The molecular formula is C24H18N2O2. The van der Waals surface area contributed by atoms with E-state index in [0.717, 1.165) is 22.0 Å². The minimum absolute atomic E-state index is 0.401. The van der Waals surface area contributed by atoms with E-state index in [1.54, 1.807) is 24.4 Å². The summed E-state index contributed by atoms with van der Waals surface area (Å²) in [5, 5.41) is 6.34. The molecule has 4 aromatic carbocycles. The third-order valence-electron chi connectivity index (χ3n) is 4.30. The molecule has 0 saturated heterocycles. The van der Waals surface area contributed by atoms with Crippen LogP contribution in [-0.2, 0) is 0 Å². The van der Waals surface area contributed by atoms with Crippen molar-refractivity contribution in [3.63, 3.8) is 0 Å². The SMILES string of the molecule is O=C(Oc1ccc2ccccc2c1/C=N\Nc1ccccc1)c1ccccc1. The number of anilines is 1. The highest BCUT2D eigenvalue weighted by Crippen LogP contribution is 2.27. The van der Waals surface area contributed by atoms with Gasteiger partial charge in [-0.25, -0.2) is 4.79 Å². The predicted octanol–water partition coefficient (Wildman–Crippen LogP) is 5.51. The lowest BCUT2D eigenvalue weighted by molar-refractivity contribution is 0.0735. The van der Waals surface area contributed by atoms with Gasteiger partial charge in [-0.3, -0.25) is 5.43 Å². The first-order chi connectivity index (χ1) is 13.8. The lowest BCUT2D eigenvalue weighted by Crippen LogP contribution is -2.10. The Morgan fingerprint density at radius 2 is 1.46 bits per heavy atom. The molecule has 28 heavy (non-hydrogen) atoms. The Kier molecular flexibility index (Phi) is 5.11. The van der Waals surface area contributed by atoms with Crippen LogP contribution in [0.5, 0.6) is 5.75 Å². The number of para-hydroxylation sites is 1. The van der Waals surface area contributed by atoms with Gasteiger partial charge in [0.1, 0.15) is 5.75 Å². The molecule has 0 spiro atoms. The van der Waals surface area contributed by atoms with Crippen LogP contribution in [0.1, 0.15) is 15.9 Å². The first-order valence-electron chi connectivity index (χ1n) is 8.94. The molecule has 0 amide bonds. The molecule has 0 bridgehead atoms. The number of nitrogens with one attached hydrogen (secondary N) is 1. The maximum Gasteiger partial charge on any atom is 0.343 e.